The van der Waals surface area contributed by atoms with E-state index in [1.165, 1.54) is 32.1 Å². The summed E-state index contributed by atoms with van der Waals surface area (Å²) in [6, 6.07) is 0. The summed E-state index contributed by atoms with van der Waals surface area (Å²) in [6.07, 6.45) is 8.89. The van der Waals surface area contributed by atoms with Gasteiger partial charge in [0.25, 0.3) is 0 Å². The maximum absolute atomic E-state index is 11.8. The van der Waals surface area contributed by atoms with Crippen LogP contribution in [0.4, 0.5) is 0 Å². The number of likely N-dealkylation sites (tertiary alicyclic amines) is 1. The molecule has 0 aromatic carbocycles. The molecule has 0 spiro atoms. The van der Waals surface area contributed by atoms with E-state index in [2.05, 4.69) is 15.2 Å². The van der Waals surface area contributed by atoms with Gasteiger partial charge in [0.15, 0.2) is 5.96 Å². The average Bonchev–Trinajstić information content (AvgIpc) is 3.22. The summed E-state index contributed by atoms with van der Waals surface area (Å²) in [6.45, 7) is 5.15. The summed E-state index contributed by atoms with van der Waals surface area (Å²) in [5.41, 5.74) is 0. The molecule has 1 aliphatic heterocycles. The van der Waals surface area contributed by atoms with E-state index in [0.29, 0.717) is 6.61 Å². The first-order chi connectivity index (χ1) is 11.7. The Morgan fingerprint density at radius 3 is 2.52 bits per heavy atom. The lowest BCUT2D eigenvalue weighted by molar-refractivity contribution is -0.149. The van der Waals surface area contributed by atoms with E-state index in [-0.39, 0.29) is 35.9 Å². The molecule has 2 bridgehead atoms. The van der Waals surface area contributed by atoms with Crippen LogP contribution < -0.4 is 5.32 Å². The van der Waals surface area contributed by atoms with Gasteiger partial charge in [-0.2, -0.15) is 0 Å². The maximum atomic E-state index is 11.8. The molecule has 0 radical (unpaired) electrons. The summed E-state index contributed by atoms with van der Waals surface area (Å²) < 4.78 is 5.15. The van der Waals surface area contributed by atoms with Crippen LogP contribution in [0.5, 0.6) is 0 Å². The molecule has 3 rings (SSSR count). The van der Waals surface area contributed by atoms with Crippen LogP contribution in [0, 0.1) is 23.7 Å². The van der Waals surface area contributed by atoms with Gasteiger partial charge in [-0.3, -0.25) is 9.79 Å². The zero-order valence-corrected chi connectivity index (χ0v) is 18.0. The van der Waals surface area contributed by atoms with Crippen LogP contribution in [0.2, 0.25) is 0 Å². The number of carbonyl (C=O) groups excluding carboxylic acids is 1. The van der Waals surface area contributed by atoms with Gasteiger partial charge < -0.3 is 15.0 Å². The molecule has 6 heteroatoms. The predicted molar refractivity (Wildman–Crippen MR) is 111 cm³/mol. The Morgan fingerprint density at radius 2 is 1.96 bits per heavy atom. The predicted octanol–water partition coefficient (Wildman–Crippen LogP) is 3.28. The second kappa shape index (κ2) is 9.97. The average molecular weight is 463 g/mol. The smallest absolute Gasteiger partial charge is 0.309 e. The third-order valence-corrected chi connectivity index (χ3v) is 6.31. The van der Waals surface area contributed by atoms with Crippen molar-refractivity contribution in [2.75, 3.05) is 33.3 Å². The molecule has 5 nitrogen and oxygen atoms in total. The quantitative estimate of drug-likeness (QED) is 0.294. The van der Waals surface area contributed by atoms with Crippen LogP contribution >= 0.6 is 24.0 Å². The number of esters is 1. The van der Waals surface area contributed by atoms with Gasteiger partial charge in [0.2, 0.25) is 0 Å². The van der Waals surface area contributed by atoms with Crippen molar-refractivity contribution in [2.24, 2.45) is 28.7 Å². The summed E-state index contributed by atoms with van der Waals surface area (Å²) in [4.78, 5) is 18.6. The normalized spacial score (nSPS) is 29.4. The third-order valence-electron chi connectivity index (χ3n) is 6.31. The first kappa shape index (κ1) is 20.8. The second-order valence-electron chi connectivity index (χ2n) is 7.71. The van der Waals surface area contributed by atoms with Crippen molar-refractivity contribution in [1.29, 1.82) is 0 Å². The van der Waals surface area contributed by atoms with Gasteiger partial charge in [0.05, 0.1) is 12.5 Å². The van der Waals surface area contributed by atoms with Crippen LogP contribution in [0.25, 0.3) is 0 Å². The van der Waals surface area contributed by atoms with Crippen LogP contribution in [-0.2, 0) is 9.53 Å². The number of nitrogens with zero attached hydrogens (tertiary/aromatic N) is 2. The van der Waals surface area contributed by atoms with Gasteiger partial charge in [-0.15, -0.1) is 24.0 Å². The zero-order chi connectivity index (χ0) is 16.9. The standard InChI is InChI=1S/C19H33N3O2.HI/c1-3-24-18(23)15-7-10-22(11-8-15)19(20-2)21-9-6-17-13-14-4-5-16(17)12-14;/h14-17H,3-13H2,1-2H3,(H,20,21);1H. The van der Waals surface area contributed by atoms with Crippen LogP contribution in [0.3, 0.4) is 0 Å². The lowest BCUT2D eigenvalue weighted by Crippen LogP contribution is -2.47. The Balaban J connectivity index is 0.00000225. The Labute approximate surface area is 169 Å². The molecule has 3 aliphatic rings. The summed E-state index contributed by atoms with van der Waals surface area (Å²) in [7, 11) is 1.86. The lowest BCUT2D eigenvalue weighted by Gasteiger charge is -2.33. The highest BCUT2D eigenvalue weighted by Crippen LogP contribution is 2.49. The number of hydrogen-bond donors (Lipinski definition) is 1. The summed E-state index contributed by atoms with van der Waals surface area (Å²) in [5.74, 6) is 3.99. The highest BCUT2D eigenvalue weighted by Gasteiger charge is 2.38. The van der Waals surface area contributed by atoms with Crippen molar-refractivity contribution in [2.45, 2.75) is 51.9 Å². The highest BCUT2D eigenvalue weighted by molar-refractivity contribution is 14.0. The summed E-state index contributed by atoms with van der Waals surface area (Å²) in [5, 5.41) is 3.55. The van der Waals surface area contributed by atoms with Gasteiger partial charge in [-0.25, -0.2) is 0 Å². The van der Waals surface area contributed by atoms with Crippen molar-refractivity contribution in [3.63, 3.8) is 0 Å². The molecule has 2 saturated carbocycles. The molecular weight excluding hydrogens is 429 g/mol. The Bertz CT molecular complexity index is 464. The third kappa shape index (κ3) is 5.23. The van der Waals surface area contributed by atoms with E-state index in [1.807, 2.05) is 14.0 Å². The van der Waals surface area contributed by atoms with Gasteiger partial charge in [-0.05, 0) is 63.2 Å². The first-order valence-corrected chi connectivity index (χ1v) is 9.83. The van der Waals surface area contributed by atoms with E-state index in [4.69, 9.17) is 4.74 Å². The molecule has 1 saturated heterocycles. The number of hydrogen-bond acceptors (Lipinski definition) is 3. The highest BCUT2D eigenvalue weighted by atomic mass is 127. The number of guanidine groups is 1. The molecule has 0 amide bonds. The molecule has 1 N–H and O–H groups in total. The van der Waals surface area contributed by atoms with Crippen molar-refractivity contribution in [3.05, 3.63) is 0 Å². The minimum Gasteiger partial charge on any atom is -0.466 e. The molecule has 3 unspecified atom stereocenters. The second-order valence-corrected chi connectivity index (χ2v) is 7.71. The first-order valence-electron chi connectivity index (χ1n) is 9.83. The van der Waals surface area contributed by atoms with E-state index in [9.17, 15) is 4.79 Å². The Kier molecular flexibility index (Phi) is 8.29. The van der Waals surface area contributed by atoms with Gasteiger partial charge in [0, 0.05) is 26.7 Å². The topological polar surface area (TPSA) is 53.9 Å². The summed E-state index contributed by atoms with van der Waals surface area (Å²) >= 11 is 0. The number of aliphatic imine (C=N–C) groups is 1. The fourth-order valence-corrected chi connectivity index (χ4v) is 5.02. The number of nitrogens with one attached hydrogen (secondary N) is 1. The number of fused-ring (bicyclic) bond motifs is 2. The number of ether oxygens (including phenoxy) is 1. The minimum atomic E-state index is -0.0311. The van der Waals surface area contributed by atoms with E-state index in [1.54, 1.807) is 0 Å². The minimum absolute atomic E-state index is 0. The molecule has 144 valence electrons. The number of rotatable bonds is 5. The number of carbonyl (C=O) groups is 1. The Morgan fingerprint density at radius 1 is 1.20 bits per heavy atom. The zero-order valence-electron chi connectivity index (χ0n) is 15.7. The molecule has 25 heavy (non-hydrogen) atoms. The maximum Gasteiger partial charge on any atom is 0.309 e. The number of piperidine rings is 1. The van der Waals surface area contributed by atoms with E-state index in [0.717, 1.165) is 56.2 Å². The molecule has 0 aromatic rings. The van der Waals surface area contributed by atoms with Gasteiger partial charge in [-0.1, -0.05) is 6.42 Å². The monoisotopic (exact) mass is 463 g/mol. The largest absolute Gasteiger partial charge is 0.466 e. The van der Waals surface area contributed by atoms with E-state index >= 15 is 0 Å². The molecule has 1 heterocycles. The molecule has 0 aromatic heterocycles. The molecule has 3 fully saturated rings. The van der Waals surface area contributed by atoms with Crippen molar-refractivity contribution in [1.82, 2.24) is 10.2 Å². The molecular formula is C19H34IN3O2. The van der Waals surface area contributed by atoms with Crippen molar-refractivity contribution < 1.29 is 9.53 Å². The van der Waals surface area contributed by atoms with Crippen LogP contribution in [0.15, 0.2) is 4.99 Å². The fourth-order valence-electron chi connectivity index (χ4n) is 5.02. The fraction of sp³-hybridized carbons (Fsp3) is 0.895. The SMILES string of the molecule is CCOC(=O)C1CCN(C(=NC)NCCC2CC3CCC2C3)CC1.I. The van der Waals surface area contributed by atoms with Crippen LogP contribution in [0.1, 0.15) is 51.9 Å². The van der Waals surface area contributed by atoms with Crippen molar-refractivity contribution >= 4 is 35.9 Å². The lowest BCUT2D eigenvalue weighted by atomic mass is 9.86. The van der Waals surface area contributed by atoms with Gasteiger partial charge in [0.1, 0.15) is 0 Å². The Hall–Kier alpha value is -0.530. The molecule has 2 aliphatic carbocycles. The molecule has 3 atom stereocenters. The van der Waals surface area contributed by atoms with Crippen molar-refractivity contribution in [3.8, 4) is 0 Å². The van der Waals surface area contributed by atoms with Gasteiger partial charge >= 0.3 is 5.97 Å². The van der Waals surface area contributed by atoms with Crippen LogP contribution in [-0.4, -0.2) is 50.1 Å². The number of halogens is 1. The van der Waals surface area contributed by atoms with E-state index < -0.39 is 0 Å².